The zero-order valence-corrected chi connectivity index (χ0v) is 12.5. The molecule has 23 heavy (non-hydrogen) atoms. The average Bonchev–Trinajstić information content (AvgIpc) is 3.06. The van der Waals surface area contributed by atoms with E-state index in [2.05, 4.69) is 20.9 Å². The average molecular weight is 317 g/mol. The molecule has 2 aromatic rings. The fourth-order valence-corrected chi connectivity index (χ4v) is 1.63. The monoisotopic (exact) mass is 317 g/mol. The van der Waals surface area contributed by atoms with Gasteiger partial charge in [0.1, 0.15) is 0 Å². The van der Waals surface area contributed by atoms with Crippen molar-refractivity contribution in [2.75, 3.05) is 0 Å². The fourth-order valence-electron chi connectivity index (χ4n) is 1.63. The van der Waals surface area contributed by atoms with Gasteiger partial charge in [0.25, 0.3) is 5.91 Å². The molecule has 9 nitrogen and oxygen atoms in total. The summed E-state index contributed by atoms with van der Waals surface area (Å²) in [6, 6.07) is 6.11. The minimum atomic E-state index is -0.950. The van der Waals surface area contributed by atoms with Crippen LogP contribution in [0.25, 0.3) is 11.5 Å². The van der Waals surface area contributed by atoms with Crippen molar-refractivity contribution in [2.24, 2.45) is 0 Å². The van der Waals surface area contributed by atoms with E-state index in [1.807, 2.05) is 5.43 Å². The highest BCUT2D eigenvalue weighted by molar-refractivity contribution is 6.35. The maximum absolute atomic E-state index is 11.9. The van der Waals surface area contributed by atoms with Gasteiger partial charge >= 0.3 is 11.8 Å². The van der Waals surface area contributed by atoms with Crippen molar-refractivity contribution in [1.82, 2.24) is 26.4 Å². The van der Waals surface area contributed by atoms with E-state index in [-0.39, 0.29) is 11.6 Å². The lowest BCUT2D eigenvalue weighted by Crippen LogP contribution is -2.49. The Labute approximate surface area is 131 Å². The molecule has 0 saturated carbocycles. The molecule has 1 aromatic carbocycles. The zero-order chi connectivity index (χ0) is 16.8. The molecule has 1 heterocycles. The van der Waals surface area contributed by atoms with Crippen molar-refractivity contribution in [2.45, 2.75) is 19.9 Å². The van der Waals surface area contributed by atoms with Crippen LogP contribution in [-0.4, -0.2) is 34.0 Å². The lowest BCUT2D eigenvalue weighted by molar-refractivity contribution is -0.139. The number of benzene rings is 1. The highest BCUT2D eigenvalue weighted by Crippen LogP contribution is 2.16. The van der Waals surface area contributed by atoms with E-state index < -0.39 is 17.7 Å². The third-order valence-electron chi connectivity index (χ3n) is 2.67. The Balaban J connectivity index is 1.91. The molecule has 0 bridgehead atoms. The summed E-state index contributed by atoms with van der Waals surface area (Å²) in [6.07, 6.45) is 1.20. The standard InChI is InChI=1S/C14H15N5O4/c1-8(2)16-12(21)13(22)18-17-11(20)9-3-5-10(6-4-9)14-19-15-7-23-14/h3-8H,1-2H3,(H,16,21)(H,17,20)(H,18,22). The minimum absolute atomic E-state index is 0.179. The number of nitrogens with one attached hydrogen (secondary N) is 3. The Morgan fingerprint density at radius 2 is 1.74 bits per heavy atom. The van der Waals surface area contributed by atoms with Gasteiger partial charge in [-0.05, 0) is 38.1 Å². The highest BCUT2D eigenvalue weighted by atomic mass is 16.4. The van der Waals surface area contributed by atoms with Crippen LogP contribution >= 0.6 is 0 Å². The second-order valence-corrected chi connectivity index (χ2v) is 4.86. The summed E-state index contributed by atoms with van der Waals surface area (Å²) in [4.78, 5) is 34.7. The van der Waals surface area contributed by atoms with Crippen molar-refractivity contribution in [3.63, 3.8) is 0 Å². The summed E-state index contributed by atoms with van der Waals surface area (Å²) < 4.78 is 5.03. The van der Waals surface area contributed by atoms with Gasteiger partial charge in [0.15, 0.2) is 0 Å². The predicted octanol–water partition coefficient (Wildman–Crippen LogP) is 0.0222. The van der Waals surface area contributed by atoms with E-state index in [0.29, 0.717) is 11.5 Å². The molecule has 2 rings (SSSR count). The summed E-state index contributed by atoms with van der Waals surface area (Å²) in [5.74, 6) is -2.01. The molecule has 9 heteroatoms. The van der Waals surface area contributed by atoms with Gasteiger partial charge in [0.05, 0.1) is 0 Å². The van der Waals surface area contributed by atoms with Crippen molar-refractivity contribution < 1.29 is 18.8 Å². The summed E-state index contributed by atoms with van der Waals surface area (Å²) in [5.41, 5.74) is 5.14. The maximum Gasteiger partial charge on any atom is 0.327 e. The Hall–Kier alpha value is -3.23. The normalized spacial score (nSPS) is 10.2. The topological polar surface area (TPSA) is 126 Å². The molecule has 0 spiro atoms. The number of carbonyl (C=O) groups excluding carboxylic acids is 3. The Bertz CT molecular complexity index is 694. The fraction of sp³-hybridized carbons (Fsp3) is 0.214. The van der Waals surface area contributed by atoms with E-state index in [9.17, 15) is 14.4 Å². The molecule has 3 N–H and O–H groups in total. The van der Waals surface area contributed by atoms with Crippen LogP contribution in [0.4, 0.5) is 0 Å². The first-order valence-electron chi connectivity index (χ1n) is 6.75. The number of hydrogen-bond donors (Lipinski definition) is 3. The molecule has 0 aliphatic rings. The molecular formula is C14H15N5O4. The van der Waals surface area contributed by atoms with Crippen LogP contribution in [0.15, 0.2) is 35.1 Å². The number of hydrazine groups is 1. The molecule has 1 aromatic heterocycles. The van der Waals surface area contributed by atoms with Crippen molar-refractivity contribution >= 4 is 17.7 Å². The van der Waals surface area contributed by atoms with Crippen molar-refractivity contribution in [3.8, 4) is 11.5 Å². The quantitative estimate of drug-likeness (QED) is 0.541. The zero-order valence-electron chi connectivity index (χ0n) is 12.5. The number of nitrogens with zero attached hydrogens (tertiary/aromatic N) is 2. The maximum atomic E-state index is 11.9. The lowest BCUT2D eigenvalue weighted by Gasteiger charge is -2.09. The number of aromatic nitrogens is 2. The molecule has 0 unspecified atom stereocenters. The predicted molar refractivity (Wildman–Crippen MR) is 78.6 cm³/mol. The number of hydrogen-bond acceptors (Lipinski definition) is 6. The Morgan fingerprint density at radius 3 is 2.30 bits per heavy atom. The van der Waals surface area contributed by atoms with Crippen LogP contribution in [0.2, 0.25) is 0 Å². The van der Waals surface area contributed by atoms with Crippen LogP contribution in [0.5, 0.6) is 0 Å². The SMILES string of the molecule is CC(C)NC(=O)C(=O)NNC(=O)c1ccc(-c2nnco2)cc1. The van der Waals surface area contributed by atoms with Gasteiger partial charge in [-0.25, -0.2) is 0 Å². The van der Waals surface area contributed by atoms with Gasteiger partial charge in [0, 0.05) is 17.2 Å². The largest absolute Gasteiger partial charge is 0.423 e. The first kappa shape index (κ1) is 16.1. The number of rotatable bonds is 3. The number of amides is 3. The van der Waals surface area contributed by atoms with Gasteiger partial charge in [-0.15, -0.1) is 10.2 Å². The van der Waals surface area contributed by atoms with Crippen molar-refractivity contribution in [1.29, 1.82) is 0 Å². The molecule has 0 radical (unpaired) electrons. The van der Waals surface area contributed by atoms with E-state index in [1.165, 1.54) is 18.5 Å². The van der Waals surface area contributed by atoms with E-state index in [1.54, 1.807) is 26.0 Å². The van der Waals surface area contributed by atoms with Crippen LogP contribution in [0, 0.1) is 0 Å². The van der Waals surface area contributed by atoms with Gasteiger partial charge in [-0.1, -0.05) is 0 Å². The molecule has 0 atom stereocenters. The summed E-state index contributed by atoms with van der Waals surface area (Å²) in [7, 11) is 0. The van der Waals surface area contributed by atoms with Gasteiger partial charge in [-0.2, -0.15) is 0 Å². The third kappa shape index (κ3) is 4.37. The summed E-state index contributed by atoms with van der Waals surface area (Å²) in [6.45, 7) is 3.43. The molecule has 3 amide bonds. The van der Waals surface area contributed by atoms with Crippen LogP contribution in [0.1, 0.15) is 24.2 Å². The molecule has 0 saturated heterocycles. The molecule has 0 aliphatic heterocycles. The third-order valence-corrected chi connectivity index (χ3v) is 2.67. The minimum Gasteiger partial charge on any atom is -0.423 e. The van der Waals surface area contributed by atoms with Gasteiger partial charge in [-0.3, -0.25) is 25.2 Å². The first-order valence-corrected chi connectivity index (χ1v) is 6.75. The van der Waals surface area contributed by atoms with Gasteiger partial charge < -0.3 is 9.73 Å². The molecule has 0 aliphatic carbocycles. The number of carbonyl (C=O) groups is 3. The second-order valence-electron chi connectivity index (χ2n) is 4.86. The van der Waals surface area contributed by atoms with Crippen LogP contribution < -0.4 is 16.2 Å². The second kappa shape index (κ2) is 7.16. The van der Waals surface area contributed by atoms with E-state index in [0.717, 1.165) is 0 Å². The van der Waals surface area contributed by atoms with Crippen LogP contribution in [-0.2, 0) is 9.59 Å². The molecular weight excluding hydrogens is 302 g/mol. The van der Waals surface area contributed by atoms with Crippen molar-refractivity contribution in [3.05, 3.63) is 36.2 Å². The Morgan fingerprint density at radius 1 is 1.04 bits per heavy atom. The van der Waals surface area contributed by atoms with Crippen LogP contribution in [0.3, 0.4) is 0 Å². The molecule has 120 valence electrons. The van der Waals surface area contributed by atoms with E-state index in [4.69, 9.17) is 4.42 Å². The first-order chi connectivity index (χ1) is 11.0. The van der Waals surface area contributed by atoms with Gasteiger partial charge in [0.2, 0.25) is 12.3 Å². The smallest absolute Gasteiger partial charge is 0.327 e. The summed E-state index contributed by atoms with van der Waals surface area (Å²) >= 11 is 0. The lowest BCUT2D eigenvalue weighted by atomic mass is 10.1. The molecule has 0 fully saturated rings. The summed E-state index contributed by atoms with van der Waals surface area (Å²) in [5, 5.41) is 9.71. The highest BCUT2D eigenvalue weighted by Gasteiger charge is 2.15. The Kier molecular flexibility index (Phi) is 5.03. The van der Waals surface area contributed by atoms with E-state index >= 15 is 0 Å².